The van der Waals surface area contributed by atoms with Gasteiger partial charge in [-0.25, -0.2) is 5.06 Å². The summed E-state index contributed by atoms with van der Waals surface area (Å²) in [7, 11) is 0. The standard InChI is InChI=1S/C28H28N2O3/c1-28(2,3)21-16-14-20(15-17-21)24-23-25(33-30(24)22-12-8-5-9-13-22)27(32)29(26(23)31)18-19-10-6-4-7-11-19/h4-17,23-25H,18H2,1-3H3/t23-,24-,25+/m1/s1. The van der Waals surface area contributed by atoms with E-state index in [4.69, 9.17) is 4.84 Å². The molecule has 2 amide bonds. The third-order valence-corrected chi connectivity index (χ3v) is 6.52. The van der Waals surface area contributed by atoms with Crippen LogP contribution in [0.25, 0.3) is 0 Å². The Hall–Kier alpha value is -3.44. The normalized spacial score (nSPS) is 22.7. The number of likely N-dealkylation sites (tertiary alicyclic amines) is 1. The first-order chi connectivity index (χ1) is 15.8. The minimum absolute atomic E-state index is 0.0258. The molecule has 0 aromatic heterocycles. The highest BCUT2D eigenvalue weighted by molar-refractivity contribution is 6.07. The lowest BCUT2D eigenvalue weighted by molar-refractivity contribution is -0.143. The zero-order chi connectivity index (χ0) is 23.2. The molecule has 2 aliphatic rings. The molecule has 3 aromatic carbocycles. The van der Waals surface area contributed by atoms with Crippen LogP contribution in [0.2, 0.25) is 0 Å². The topological polar surface area (TPSA) is 49.9 Å². The zero-order valence-electron chi connectivity index (χ0n) is 19.1. The van der Waals surface area contributed by atoms with Crippen LogP contribution in [0.3, 0.4) is 0 Å². The van der Waals surface area contributed by atoms with Gasteiger partial charge in [0.15, 0.2) is 6.10 Å². The molecule has 0 unspecified atom stereocenters. The van der Waals surface area contributed by atoms with Crippen LogP contribution < -0.4 is 5.06 Å². The molecule has 0 saturated carbocycles. The molecule has 2 saturated heterocycles. The van der Waals surface area contributed by atoms with Crippen molar-refractivity contribution in [3.05, 3.63) is 102 Å². The quantitative estimate of drug-likeness (QED) is 0.534. The van der Waals surface area contributed by atoms with E-state index in [9.17, 15) is 9.59 Å². The van der Waals surface area contributed by atoms with Crippen LogP contribution in [0.4, 0.5) is 5.69 Å². The predicted molar refractivity (Wildman–Crippen MR) is 127 cm³/mol. The largest absolute Gasteiger partial charge is 0.275 e. The number of hydrogen-bond donors (Lipinski definition) is 0. The number of fused-ring (bicyclic) bond motifs is 1. The van der Waals surface area contributed by atoms with E-state index >= 15 is 0 Å². The van der Waals surface area contributed by atoms with Gasteiger partial charge in [-0.2, -0.15) is 0 Å². The molecule has 0 bridgehead atoms. The Morgan fingerprint density at radius 1 is 0.788 bits per heavy atom. The third-order valence-electron chi connectivity index (χ3n) is 6.52. The van der Waals surface area contributed by atoms with Gasteiger partial charge in [0, 0.05) is 0 Å². The summed E-state index contributed by atoms with van der Waals surface area (Å²) in [4.78, 5) is 34.4. The second kappa shape index (κ2) is 8.16. The number of rotatable bonds is 4. The Bertz CT molecular complexity index is 1150. The van der Waals surface area contributed by atoms with Crippen LogP contribution in [-0.4, -0.2) is 22.8 Å². The second-order valence-electron chi connectivity index (χ2n) is 9.78. The van der Waals surface area contributed by atoms with Crippen molar-refractivity contribution in [3.63, 3.8) is 0 Å². The molecule has 0 radical (unpaired) electrons. The number of anilines is 1. The fourth-order valence-corrected chi connectivity index (χ4v) is 4.71. The van der Waals surface area contributed by atoms with Crippen molar-refractivity contribution in [2.75, 3.05) is 5.06 Å². The minimum atomic E-state index is -0.825. The molecule has 5 nitrogen and oxygen atoms in total. The monoisotopic (exact) mass is 440 g/mol. The summed E-state index contributed by atoms with van der Waals surface area (Å²) in [5, 5.41) is 1.75. The van der Waals surface area contributed by atoms with Gasteiger partial charge in [0.05, 0.1) is 18.3 Å². The van der Waals surface area contributed by atoms with Crippen LogP contribution in [0, 0.1) is 5.92 Å². The molecular weight excluding hydrogens is 412 g/mol. The van der Waals surface area contributed by atoms with E-state index in [1.165, 1.54) is 10.5 Å². The molecule has 0 spiro atoms. The SMILES string of the molecule is CC(C)(C)c1ccc([C@@H]2[C@H]3C(=O)N(Cc4ccccc4)C(=O)[C@H]3ON2c2ccccc2)cc1. The highest BCUT2D eigenvalue weighted by atomic mass is 16.7. The molecule has 3 atom stereocenters. The van der Waals surface area contributed by atoms with Crippen molar-refractivity contribution >= 4 is 17.5 Å². The lowest BCUT2D eigenvalue weighted by Crippen LogP contribution is -2.37. The Morgan fingerprint density at radius 3 is 2.00 bits per heavy atom. The maximum atomic E-state index is 13.6. The van der Waals surface area contributed by atoms with E-state index in [2.05, 4.69) is 45.0 Å². The zero-order valence-corrected chi connectivity index (χ0v) is 19.1. The maximum Gasteiger partial charge on any atom is 0.262 e. The summed E-state index contributed by atoms with van der Waals surface area (Å²) in [5.41, 5.74) is 3.95. The van der Waals surface area contributed by atoms with Gasteiger partial charge in [-0.15, -0.1) is 0 Å². The number of hydroxylamine groups is 1. The van der Waals surface area contributed by atoms with Gasteiger partial charge in [-0.1, -0.05) is 93.6 Å². The number of para-hydroxylation sites is 1. The number of benzene rings is 3. The summed E-state index contributed by atoms with van der Waals surface area (Å²) < 4.78 is 0. The van der Waals surface area contributed by atoms with E-state index in [0.29, 0.717) is 0 Å². The van der Waals surface area contributed by atoms with Gasteiger partial charge in [0.2, 0.25) is 5.91 Å². The van der Waals surface area contributed by atoms with E-state index in [1.807, 2.05) is 60.7 Å². The molecule has 5 heteroatoms. The van der Waals surface area contributed by atoms with Crippen molar-refractivity contribution in [2.45, 2.75) is 44.9 Å². The Kier molecular flexibility index (Phi) is 5.29. The van der Waals surface area contributed by atoms with E-state index in [1.54, 1.807) is 5.06 Å². The molecular formula is C28H28N2O3. The molecule has 0 aliphatic carbocycles. The van der Waals surface area contributed by atoms with Crippen LogP contribution in [0.15, 0.2) is 84.9 Å². The van der Waals surface area contributed by atoms with Gasteiger partial charge in [-0.3, -0.25) is 19.3 Å². The average Bonchev–Trinajstić information content (AvgIpc) is 3.32. The molecule has 3 aromatic rings. The third kappa shape index (κ3) is 3.83. The molecule has 2 aliphatic heterocycles. The average molecular weight is 441 g/mol. The molecule has 0 N–H and O–H groups in total. The fourth-order valence-electron chi connectivity index (χ4n) is 4.71. The van der Waals surface area contributed by atoms with E-state index in [0.717, 1.165) is 16.8 Å². The second-order valence-corrected chi connectivity index (χ2v) is 9.78. The Labute approximate surface area is 194 Å². The van der Waals surface area contributed by atoms with Crippen LogP contribution in [0.1, 0.15) is 43.5 Å². The molecule has 33 heavy (non-hydrogen) atoms. The van der Waals surface area contributed by atoms with Gasteiger partial charge < -0.3 is 0 Å². The summed E-state index contributed by atoms with van der Waals surface area (Å²) >= 11 is 0. The summed E-state index contributed by atoms with van der Waals surface area (Å²) in [6, 6.07) is 27.2. The maximum absolute atomic E-state index is 13.6. The summed E-state index contributed by atoms with van der Waals surface area (Å²) in [6.07, 6.45) is -0.825. The van der Waals surface area contributed by atoms with Crippen molar-refractivity contribution in [1.29, 1.82) is 0 Å². The predicted octanol–water partition coefficient (Wildman–Crippen LogP) is 5.03. The number of carbonyl (C=O) groups is 2. The highest BCUT2D eigenvalue weighted by Gasteiger charge is 2.59. The van der Waals surface area contributed by atoms with Crippen molar-refractivity contribution in [3.8, 4) is 0 Å². The van der Waals surface area contributed by atoms with E-state index < -0.39 is 12.0 Å². The van der Waals surface area contributed by atoms with Gasteiger partial charge >= 0.3 is 0 Å². The van der Waals surface area contributed by atoms with Crippen molar-refractivity contribution in [1.82, 2.24) is 4.90 Å². The highest BCUT2D eigenvalue weighted by Crippen LogP contribution is 2.47. The molecule has 168 valence electrons. The first-order valence-electron chi connectivity index (χ1n) is 11.4. The smallest absolute Gasteiger partial charge is 0.262 e. The van der Waals surface area contributed by atoms with Crippen molar-refractivity contribution < 1.29 is 14.4 Å². The van der Waals surface area contributed by atoms with Crippen LogP contribution in [-0.2, 0) is 26.4 Å². The van der Waals surface area contributed by atoms with Gasteiger partial charge in [0.25, 0.3) is 5.91 Å². The number of amides is 2. The lowest BCUT2D eigenvalue weighted by atomic mass is 9.84. The number of hydrogen-bond acceptors (Lipinski definition) is 4. The number of nitrogens with zero attached hydrogens (tertiary/aromatic N) is 2. The number of imide groups is 1. The molecule has 5 rings (SSSR count). The Morgan fingerprint density at radius 2 is 1.39 bits per heavy atom. The van der Waals surface area contributed by atoms with Crippen LogP contribution in [0.5, 0.6) is 0 Å². The first kappa shape index (κ1) is 21.4. The molecule has 2 heterocycles. The molecule has 2 fully saturated rings. The van der Waals surface area contributed by atoms with Gasteiger partial charge in [0.1, 0.15) is 5.92 Å². The summed E-state index contributed by atoms with van der Waals surface area (Å²) in [5.74, 6) is -1.05. The van der Waals surface area contributed by atoms with E-state index in [-0.39, 0.29) is 29.8 Å². The van der Waals surface area contributed by atoms with Crippen molar-refractivity contribution in [2.24, 2.45) is 5.92 Å². The summed E-state index contributed by atoms with van der Waals surface area (Å²) in [6.45, 7) is 6.78. The lowest BCUT2D eigenvalue weighted by Gasteiger charge is -2.29. The first-order valence-corrected chi connectivity index (χ1v) is 11.4. The van der Waals surface area contributed by atoms with Crippen LogP contribution >= 0.6 is 0 Å². The number of carbonyl (C=O) groups excluding carboxylic acids is 2. The fraction of sp³-hybridized carbons (Fsp3) is 0.286. The minimum Gasteiger partial charge on any atom is -0.275 e. The van der Waals surface area contributed by atoms with Gasteiger partial charge in [-0.05, 0) is 34.2 Å². The Balaban J connectivity index is 1.52.